The van der Waals surface area contributed by atoms with Crippen LogP contribution in [0.4, 0.5) is 4.79 Å². The molecule has 10 heteroatoms. The number of ether oxygens (including phenoxy) is 4. The van der Waals surface area contributed by atoms with E-state index in [0.717, 1.165) is 20.8 Å². The van der Waals surface area contributed by atoms with Crippen LogP contribution < -0.4 is 0 Å². The molecule has 0 radical (unpaired) electrons. The molecule has 0 saturated carbocycles. The Hall–Kier alpha value is -3.43. The number of hydrogen-bond donors (Lipinski definition) is 0. The summed E-state index contributed by atoms with van der Waals surface area (Å²) in [5, 5.41) is 0. The second kappa shape index (κ2) is 9.67. The van der Waals surface area contributed by atoms with Gasteiger partial charge in [0, 0.05) is 20.8 Å². The highest BCUT2D eigenvalue weighted by molar-refractivity contribution is 5.97. The number of rotatable bonds is 5. The lowest BCUT2D eigenvalue weighted by Gasteiger charge is -2.39. The van der Waals surface area contributed by atoms with Gasteiger partial charge in [0.1, 0.15) is 6.61 Å². The van der Waals surface area contributed by atoms with Crippen LogP contribution in [0.3, 0.4) is 0 Å². The molecular weight excluding hydrogens is 386 g/mol. The Morgan fingerprint density at radius 2 is 1.52 bits per heavy atom. The normalized spacial score (nSPS) is 21.1. The minimum atomic E-state index is -1.67. The number of likely N-dealkylation sites (tertiary alicyclic amines) is 1. The molecule has 0 unspecified atom stereocenters. The van der Waals surface area contributed by atoms with Gasteiger partial charge >= 0.3 is 24.0 Å². The summed E-state index contributed by atoms with van der Waals surface area (Å²) in [5.41, 5.74) is 0.691. The highest BCUT2D eigenvalue weighted by atomic mass is 16.6. The zero-order valence-corrected chi connectivity index (χ0v) is 16.2. The largest absolute Gasteiger partial charge is 0.456 e. The number of carbonyl (C=O) groups excluding carboxylic acids is 5. The van der Waals surface area contributed by atoms with Crippen molar-refractivity contribution in [2.45, 2.75) is 45.7 Å². The summed E-state index contributed by atoms with van der Waals surface area (Å²) in [6, 6.07) is 8.76. The van der Waals surface area contributed by atoms with Crippen LogP contribution in [-0.2, 0) is 44.7 Å². The first-order valence-electron chi connectivity index (χ1n) is 8.72. The average molecular weight is 407 g/mol. The summed E-state index contributed by atoms with van der Waals surface area (Å²) in [4.78, 5) is 60.2. The van der Waals surface area contributed by atoms with Gasteiger partial charge in [-0.2, -0.15) is 0 Å². The van der Waals surface area contributed by atoms with Gasteiger partial charge in [0.25, 0.3) is 5.91 Å². The van der Waals surface area contributed by atoms with Gasteiger partial charge in [-0.25, -0.2) is 9.69 Å². The van der Waals surface area contributed by atoms with Crippen LogP contribution in [0, 0.1) is 0 Å². The Balaban J connectivity index is 2.23. The van der Waals surface area contributed by atoms with Crippen molar-refractivity contribution in [3.8, 4) is 0 Å². The van der Waals surface area contributed by atoms with Crippen molar-refractivity contribution in [1.29, 1.82) is 0 Å². The zero-order valence-electron chi connectivity index (χ0n) is 16.2. The average Bonchev–Trinajstić information content (AvgIpc) is 2.64. The number of carbonyl (C=O) groups is 5. The second-order valence-electron chi connectivity index (χ2n) is 6.24. The number of piperidine rings is 1. The summed E-state index contributed by atoms with van der Waals surface area (Å²) < 4.78 is 20.3. The summed E-state index contributed by atoms with van der Waals surface area (Å²) >= 11 is 0. The van der Waals surface area contributed by atoms with E-state index < -0.39 is 54.8 Å². The van der Waals surface area contributed by atoms with E-state index in [-0.39, 0.29) is 6.61 Å². The van der Waals surface area contributed by atoms with Gasteiger partial charge in [0.2, 0.25) is 6.10 Å². The molecule has 1 aliphatic heterocycles. The predicted octanol–water partition coefficient (Wildman–Crippen LogP) is 0.960. The van der Waals surface area contributed by atoms with Crippen molar-refractivity contribution in [1.82, 2.24) is 4.90 Å². The van der Waals surface area contributed by atoms with Crippen LogP contribution in [0.15, 0.2) is 30.3 Å². The predicted molar refractivity (Wildman–Crippen MR) is 95.0 cm³/mol. The third-order valence-corrected chi connectivity index (χ3v) is 3.87. The van der Waals surface area contributed by atoms with Gasteiger partial charge in [-0.3, -0.25) is 19.2 Å². The molecule has 0 aromatic heterocycles. The van der Waals surface area contributed by atoms with E-state index >= 15 is 0 Å². The van der Waals surface area contributed by atoms with E-state index in [2.05, 4.69) is 0 Å². The Kier molecular flexibility index (Phi) is 7.29. The molecule has 1 saturated heterocycles. The topological polar surface area (TPSA) is 126 Å². The molecule has 10 nitrogen and oxygen atoms in total. The third kappa shape index (κ3) is 6.03. The minimum absolute atomic E-state index is 0.104. The van der Waals surface area contributed by atoms with E-state index in [0.29, 0.717) is 10.5 Å². The van der Waals surface area contributed by atoms with Gasteiger partial charge in [0.05, 0.1) is 6.54 Å². The molecule has 1 aliphatic rings. The van der Waals surface area contributed by atoms with Crippen molar-refractivity contribution in [2.75, 3.05) is 6.54 Å². The molecular formula is C19H21NO9. The van der Waals surface area contributed by atoms with Crippen LogP contribution in [-0.4, -0.2) is 59.7 Å². The molecule has 1 aromatic rings. The fourth-order valence-electron chi connectivity index (χ4n) is 2.77. The molecule has 0 spiro atoms. The van der Waals surface area contributed by atoms with Gasteiger partial charge in [0.15, 0.2) is 12.2 Å². The number of hydrogen-bond acceptors (Lipinski definition) is 9. The molecule has 1 fully saturated rings. The van der Waals surface area contributed by atoms with Crippen LogP contribution in [0.2, 0.25) is 0 Å². The van der Waals surface area contributed by atoms with Gasteiger partial charge in [-0.05, 0) is 5.56 Å². The first kappa shape index (κ1) is 21.9. The molecule has 2 amide bonds. The molecule has 0 aliphatic carbocycles. The number of nitrogens with zero attached hydrogens (tertiary/aromatic N) is 1. The quantitative estimate of drug-likeness (QED) is 0.518. The first-order valence-corrected chi connectivity index (χ1v) is 8.72. The number of imide groups is 1. The Labute approximate surface area is 166 Å². The highest BCUT2D eigenvalue weighted by Crippen LogP contribution is 2.23. The summed E-state index contributed by atoms with van der Waals surface area (Å²) in [7, 11) is 0. The van der Waals surface area contributed by atoms with Crippen LogP contribution in [0.5, 0.6) is 0 Å². The maximum absolute atomic E-state index is 12.8. The molecule has 0 N–H and O–H groups in total. The molecule has 156 valence electrons. The van der Waals surface area contributed by atoms with Crippen molar-refractivity contribution in [3.05, 3.63) is 35.9 Å². The SMILES string of the molecule is CC(=O)O[C@H]1[C@H](OC(C)=O)C(=O)N(C(=O)OCc2ccccc2)C[C@H]1OC(C)=O. The first-order chi connectivity index (χ1) is 13.7. The van der Waals surface area contributed by atoms with Crippen molar-refractivity contribution in [2.24, 2.45) is 0 Å². The lowest BCUT2D eigenvalue weighted by molar-refractivity contribution is -0.198. The summed E-state index contributed by atoms with van der Waals surface area (Å²) in [6.45, 7) is 2.71. The van der Waals surface area contributed by atoms with Crippen LogP contribution in [0.1, 0.15) is 26.3 Å². The van der Waals surface area contributed by atoms with Gasteiger partial charge in [-0.15, -0.1) is 0 Å². The fraction of sp³-hybridized carbons (Fsp3) is 0.421. The van der Waals surface area contributed by atoms with Gasteiger partial charge < -0.3 is 18.9 Å². The third-order valence-electron chi connectivity index (χ3n) is 3.87. The molecule has 29 heavy (non-hydrogen) atoms. The Morgan fingerprint density at radius 1 is 0.931 bits per heavy atom. The lowest BCUT2D eigenvalue weighted by Crippen LogP contribution is -2.63. The van der Waals surface area contributed by atoms with E-state index in [9.17, 15) is 24.0 Å². The smallest absolute Gasteiger partial charge is 0.417 e. The number of amides is 2. The fourth-order valence-corrected chi connectivity index (χ4v) is 2.77. The summed E-state index contributed by atoms with van der Waals surface area (Å²) in [6.07, 6.45) is -5.32. The van der Waals surface area contributed by atoms with E-state index in [4.69, 9.17) is 18.9 Å². The maximum atomic E-state index is 12.8. The Bertz CT molecular complexity index is 792. The van der Waals surface area contributed by atoms with Crippen LogP contribution >= 0.6 is 0 Å². The second-order valence-corrected chi connectivity index (χ2v) is 6.24. The molecule has 2 rings (SSSR count). The monoisotopic (exact) mass is 407 g/mol. The van der Waals surface area contributed by atoms with Gasteiger partial charge in [-0.1, -0.05) is 30.3 Å². The van der Waals surface area contributed by atoms with Crippen molar-refractivity contribution in [3.63, 3.8) is 0 Å². The zero-order chi connectivity index (χ0) is 21.6. The molecule has 1 heterocycles. The lowest BCUT2D eigenvalue weighted by atomic mass is 10.0. The van der Waals surface area contributed by atoms with Crippen LogP contribution in [0.25, 0.3) is 0 Å². The van der Waals surface area contributed by atoms with E-state index in [1.165, 1.54) is 0 Å². The Morgan fingerprint density at radius 3 is 2.07 bits per heavy atom. The van der Waals surface area contributed by atoms with Crippen molar-refractivity contribution >= 4 is 29.9 Å². The number of benzene rings is 1. The molecule has 1 aromatic carbocycles. The standard InChI is InChI=1S/C19H21NO9/c1-11(21)27-15-9-20(19(25)26-10-14-7-5-4-6-8-14)18(24)17(29-13(3)23)16(15)28-12(2)22/h4-8,15-17H,9-10H2,1-3H3/t15-,16-,17+/m1/s1. The van der Waals surface area contributed by atoms with E-state index in [1.807, 2.05) is 0 Å². The minimum Gasteiger partial charge on any atom is -0.456 e. The van der Waals surface area contributed by atoms with Crippen molar-refractivity contribution < 1.29 is 42.9 Å². The highest BCUT2D eigenvalue weighted by Gasteiger charge is 2.51. The maximum Gasteiger partial charge on any atom is 0.417 e. The summed E-state index contributed by atoms with van der Waals surface area (Å²) in [5.74, 6) is -3.31. The molecule has 0 bridgehead atoms. The number of esters is 3. The van der Waals surface area contributed by atoms with E-state index in [1.54, 1.807) is 30.3 Å². The molecule has 3 atom stereocenters.